The molecule has 170 valence electrons. The number of fused-ring (bicyclic) bond motifs is 1. The zero-order valence-corrected chi connectivity index (χ0v) is 18.9. The second-order valence-electron chi connectivity index (χ2n) is 7.38. The van der Waals surface area contributed by atoms with Gasteiger partial charge in [-0.3, -0.25) is 4.79 Å². The van der Waals surface area contributed by atoms with Gasteiger partial charge in [0.15, 0.2) is 6.61 Å². The summed E-state index contributed by atoms with van der Waals surface area (Å²) in [6.07, 6.45) is 3.47. The maximum atomic E-state index is 13.9. The Hall–Kier alpha value is -3.58. The molecule has 1 aliphatic heterocycles. The Balaban J connectivity index is 1.65. The molecule has 0 bridgehead atoms. The molecule has 8 nitrogen and oxygen atoms in total. The van der Waals surface area contributed by atoms with Crippen LogP contribution in [-0.4, -0.2) is 40.5 Å². The zero-order chi connectivity index (χ0) is 23.2. The van der Waals surface area contributed by atoms with Gasteiger partial charge in [0.25, 0.3) is 5.91 Å². The van der Waals surface area contributed by atoms with Crippen molar-refractivity contribution in [3.05, 3.63) is 48.0 Å². The number of benzene rings is 2. The lowest BCUT2D eigenvalue weighted by Crippen LogP contribution is -2.29. The molecule has 1 aromatic heterocycles. The van der Waals surface area contributed by atoms with Crippen molar-refractivity contribution in [3.8, 4) is 11.8 Å². The summed E-state index contributed by atoms with van der Waals surface area (Å²) in [5.74, 6) is 2.04. The second kappa shape index (κ2) is 10.4. The fourth-order valence-electron chi connectivity index (χ4n) is 3.38. The summed E-state index contributed by atoms with van der Waals surface area (Å²) in [4.78, 5) is 20.7. The van der Waals surface area contributed by atoms with Crippen molar-refractivity contribution in [3.63, 3.8) is 0 Å². The fourth-order valence-corrected chi connectivity index (χ4v) is 4.51. The molecular weight excluding hydrogens is 443 g/mol. The minimum atomic E-state index is -0.502. The van der Waals surface area contributed by atoms with Crippen molar-refractivity contribution in [2.45, 2.75) is 19.8 Å². The van der Waals surface area contributed by atoms with Gasteiger partial charge in [-0.15, -0.1) is 0 Å². The highest BCUT2D eigenvalue weighted by Crippen LogP contribution is 2.34. The van der Waals surface area contributed by atoms with E-state index in [9.17, 15) is 9.18 Å². The summed E-state index contributed by atoms with van der Waals surface area (Å²) < 4.78 is 24.2. The molecule has 0 spiro atoms. The number of nitrogens with zero attached hydrogens (tertiary/aromatic N) is 4. The first-order valence-electron chi connectivity index (χ1n) is 10.6. The van der Waals surface area contributed by atoms with Gasteiger partial charge < -0.3 is 15.4 Å². The third kappa shape index (κ3) is 5.43. The van der Waals surface area contributed by atoms with Gasteiger partial charge in [0.1, 0.15) is 30.3 Å². The van der Waals surface area contributed by atoms with E-state index in [1.807, 2.05) is 12.1 Å². The molecule has 1 saturated heterocycles. The number of rotatable bonds is 8. The van der Waals surface area contributed by atoms with Gasteiger partial charge in [-0.2, -0.15) is 5.26 Å². The first-order chi connectivity index (χ1) is 16.1. The van der Waals surface area contributed by atoms with E-state index >= 15 is 0 Å². The molecule has 0 unspecified atom stereocenters. The molecule has 2 aromatic carbocycles. The Morgan fingerprint density at radius 1 is 1.30 bits per heavy atom. The topological polar surface area (TPSA) is 112 Å². The molecule has 10 heteroatoms. The molecule has 3 aromatic rings. The number of aromatic nitrogens is 2. The number of halogens is 1. The normalized spacial score (nSPS) is 13.1. The SMILES string of the molecule is CCc1cc(N=S2CCC2)cc2ncnc(Nc3ccc(F)cc3OCC(=O)NCC#N)c12. The van der Waals surface area contributed by atoms with Crippen LogP contribution < -0.4 is 15.4 Å². The van der Waals surface area contributed by atoms with E-state index in [-0.39, 0.29) is 29.6 Å². The Labute approximate surface area is 193 Å². The van der Waals surface area contributed by atoms with Crippen LogP contribution in [0.5, 0.6) is 5.75 Å². The van der Waals surface area contributed by atoms with E-state index in [1.165, 1.54) is 30.9 Å². The van der Waals surface area contributed by atoms with Gasteiger partial charge in [-0.05, 0) is 42.7 Å². The molecule has 2 heterocycles. The fraction of sp³-hybridized carbons (Fsp3) is 0.304. The quantitative estimate of drug-likeness (QED) is 0.487. The van der Waals surface area contributed by atoms with E-state index in [1.54, 1.807) is 0 Å². The van der Waals surface area contributed by atoms with Crippen LogP contribution in [0.25, 0.3) is 10.9 Å². The summed E-state index contributed by atoms with van der Waals surface area (Å²) in [7, 11) is 0.112. The number of aryl methyl sites for hydroxylation is 1. The van der Waals surface area contributed by atoms with Gasteiger partial charge in [0.2, 0.25) is 0 Å². The van der Waals surface area contributed by atoms with Crippen molar-refractivity contribution in [2.75, 3.05) is 30.0 Å². The Bertz CT molecular complexity index is 1270. The molecule has 0 saturated carbocycles. The molecule has 0 atom stereocenters. The lowest BCUT2D eigenvalue weighted by atomic mass is 10.1. The van der Waals surface area contributed by atoms with Crippen molar-refractivity contribution >= 4 is 44.7 Å². The standard InChI is InChI=1S/C23H23FN6O2S/c1-2-15-10-17(30-33-8-3-9-33)12-19-22(15)23(28-14-27-19)29-18-5-4-16(24)11-20(18)32-13-21(31)26-7-6-25/h4-5,10-12,14H,2-3,7-9,13H2,1H3,(H,26,31)(H,27,28,29). The summed E-state index contributed by atoms with van der Waals surface area (Å²) in [5.41, 5.74) is 3.21. The molecule has 2 N–H and O–H groups in total. The highest BCUT2D eigenvalue weighted by Gasteiger charge is 2.15. The van der Waals surface area contributed by atoms with Crippen LogP contribution in [0, 0.1) is 17.1 Å². The van der Waals surface area contributed by atoms with Crippen molar-refractivity contribution in [2.24, 2.45) is 4.36 Å². The lowest BCUT2D eigenvalue weighted by Gasteiger charge is -2.17. The third-order valence-electron chi connectivity index (χ3n) is 5.10. The predicted octanol–water partition coefficient (Wildman–Crippen LogP) is 3.93. The predicted molar refractivity (Wildman–Crippen MR) is 127 cm³/mol. The van der Waals surface area contributed by atoms with Gasteiger partial charge in [-0.1, -0.05) is 17.6 Å². The van der Waals surface area contributed by atoms with Crippen LogP contribution in [0.15, 0.2) is 41.0 Å². The molecule has 0 radical (unpaired) electrons. The maximum Gasteiger partial charge on any atom is 0.258 e. The van der Waals surface area contributed by atoms with Crippen LogP contribution in [-0.2, 0) is 21.9 Å². The number of nitriles is 1. The Morgan fingerprint density at radius 3 is 2.88 bits per heavy atom. The molecular formula is C23H23FN6O2S. The van der Waals surface area contributed by atoms with Gasteiger partial charge >= 0.3 is 0 Å². The number of amides is 1. The Kier molecular flexibility index (Phi) is 7.10. The van der Waals surface area contributed by atoms with E-state index in [0.29, 0.717) is 11.5 Å². The molecule has 4 rings (SSSR count). The number of carbonyl (C=O) groups is 1. The highest BCUT2D eigenvalue weighted by atomic mass is 32.2. The summed E-state index contributed by atoms with van der Waals surface area (Å²) in [6, 6.07) is 9.88. The van der Waals surface area contributed by atoms with E-state index < -0.39 is 11.7 Å². The molecule has 33 heavy (non-hydrogen) atoms. The number of nitrogens with one attached hydrogen (secondary N) is 2. The van der Waals surface area contributed by atoms with Crippen LogP contribution in [0.4, 0.5) is 21.6 Å². The number of carbonyl (C=O) groups excluding carboxylic acids is 1. The maximum absolute atomic E-state index is 13.9. The average Bonchev–Trinajstić information content (AvgIpc) is 2.79. The summed E-state index contributed by atoms with van der Waals surface area (Å²) in [5, 5.41) is 15.0. The van der Waals surface area contributed by atoms with E-state index in [4.69, 9.17) is 14.4 Å². The Morgan fingerprint density at radius 2 is 2.15 bits per heavy atom. The number of anilines is 2. The van der Waals surface area contributed by atoms with Crippen molar-refractivity contribution in [1.82, 2.24) is 15.3 Å². The molecule has 1 amide bonds. The highest BCUT2D eigenvalue weighted by molar-refractivity contribution is 7.88. The monoisotopic (exact) mass is 466 g/mol. The number of ether oxygens (including phenoxy) is 1. The van der Waals surface area contributed by atoms with E-state index in [2.05, 4.69) is 33.6 Å². The molecule has 1 aliphatic rings. The smallest absolute Gasteiger partial charge is 0.258 e. The minimum absolute atomic E-state index is 0.112. The van der Waals surface area contributed by atoms with Crippen LogP contribution in [0.2, 0.25) is 0 Å². The zero-order valence-electron chi connectivity index (χ0n) is 18.1. The first-order valence-corrected chi connectivity index (χ1v) is 12.1. The van der Waals surface area contributed by atoms with Crippen molar-refractivity contribution in [1.29, 1.82) is 5.26 Å². The summed E-state index contributed by atoms with van der Waals surface area (Å²) in [6.45, 7) is 1.59. The average molecular weight is 467 g/mol. The summed E-state index contributed by atoms with van der Waals surface area (Å²) >= 11 is 0. The minimum Gasteiger partial charge on any atom is -0.481 e. The largest absolute Gasteiger partial charge is 0.481 e. The van der Waals surface area contributed by atoms with E-state index in [0.717, 1.165) is 40.1 Å². The number of hydrogen-bond acceptors (Lipinski definition) is 7. The second-order valence-corrected chi connectivity index (χ2v) is 9.30. The lowest BCUT2D eigenvalue weighted by molar-refractivity contribution is -0.122. The first kappa shape index (κ1) is 22.6. The van der Waals surface area contributed by atoms with Crippen LogP contribution >= 0.6 is 0 Å². The molecule has 0 aliphatic carbocycles. The van der Waals surface area contributed by atoms with Crippen LogP contribution in [0.1, 0.15) is 18.9 Å². The molecule has 1 fully saturated rings. The third-order valence-corrected chi connectivity index (χ3v) is 7.09. The number of hydrogen-bond donors (Lipinski definition) is 2. The van der Waals surface area contributed by atoms with Crippen LogP contribution in [0.3, 0.4) is 0 Å². The van der Waals surface area contributed by atoms with Crippen molar-refractivity contribution < 1.29 is 13.9 Å². The van der Waals surface area contributed by atoms with Gasteiger partial charge in [-0.25, -0.2) is 18.7 Å². The van der Waals surface area contributed by atoms with Gasteiger partial charge in [0, 0.05) is 23.0 Å². The van der Waals surface area contributed by atoms with Gasteiger partial charge in [0.05, 0.1) is 23.0 Å².